The van der Waals surface area contributed by atoms with Gasteiger partial charge in [0.2, 0.25) is 0 Å². The van der Waals surface area contributed by atoms with E-state index in [1.165, 1.54) is 11.0 Å². The van der Waals surface area contributed by atoms with Crippen LogP contribution in [0.4, 0.5) is 5.69 Å². The van der Waals surface area contributed by atoms with Crippen molar-refractivity contribution in [3.63, 3.8) is 0 Å². The molecule has 2 aliphatic heterocycles. The molecule has 0 aliphatic carbocycles. The van der Waals surface area contributed by atoms with E-state index in [2.05, 4.69) is 15.0 Å². The van der Waals surface area contributed by atoms with Crippen molar-refractivity contribution in [3.8, 4) is 5.75 Å². The van der Waals surface area contributed by atoms with Gasteiger partial charge in [-0.05, 0) is 44.0 Å². The number of nitrogens with zero attached hydrogens (tertiary/aromatic N) is 2. The molecule has 180 valence electrons. The lowest BCUT2D eigenvalue weighted by Gasteiger charge is -2.35. The number of rotatable bonds is 6. The number of carbonyl (C=O) groups is 2. The third-order valence-electron chi connectivity index (χ3n) is 6.01. The molecule has 2 aliphatic rings. The van der Waals surface area contributed by atoms with Crippen LogP contribution in [0.15, 0.2) is 58.4 Å². The summed E-state index contributed by atoms with van der Waals surface area (Å²) in [6.45, 7) is 5.62. The number of amides is 2. The van der Waals surface area contributed by atoms with E-state index in [4.69, 9.17) is 4.74 Å². The Hall–Kier alpha value is -3.40. The number of sulfonamides is 1. The average molecular weight is 485 g/mol. The van der Waals surface area contributed by atoms with E-state index in [-0.39, 0.29) is 35.1 Å². The molecule has 0 radical (unpaired) electrons. The summed E-state index contributed by atoms with van der Waals surface area (Å²) in [4.78, 5) is 32.4. The normalized spacial score (nSPS) is 20.2. The quantitative estimate of drug-likeness (QED) is 0.652. The van der Waals surface area contributed by atoms with Crippen LogP contribution in [0.5, 0.6) is 5.75 Å². The van der Waals surface area contributed by atoms with Crippen molar-refractivity contribution in [2.45, 2.75) is 56.7 Å². The van der Waals surface area contributed by atoms with Crippen LogP contribution in [-0.2, 0) is 19.6 Å². The first-order chi connectivity index (χ1) is 16.2. The second-order valence-corrected chi connectivity index (χ2v) is 9.95. The molecule has 4 rings (SSSR count). The van der Waals surface area contributed by atoms with Crippen molar-refractivity contribution in [1.82, 2.24) is 10.0 Å². The van der Waals surface area contributed by atoms with E-state index in [0.29, 0.717) is 17.0 Å². The Morgan fingerprint density at radius 2 is 1.82 bits per heavy atom. The fourth-order valence-electron chi connectivity index (χ4n) is 4.07. The number of aliphatic imine (C=N–C) groups is 1. The number of anilines is 1. The van der Waals surface area contributed by atoms with Crippen molar-refractivity contribution in [2.24, 2.45) is 4.99 Å². The monoisotopic (exact) mass is 484 g/mol. The van der Waals surface area contributed by atoms with E-state index in [1.807, 2.05) is 13.8 Å². The molecule has 0 bridgehead atoms. The molecular weight excluding hydrogens is 456 g/mol. The largest absolute Gasteiger partial charge is 0.477 e. The minimum atomic E-state index is -3.71. The fraction of sp³-hybridized carbons (Fsp3) is 0.375. The van der Waals surface area contributed by atoms with Gasteiger partial charge in [0.1, 0.15) is 17.6 Å². The van der Waals surface area contributed by atoms with Crippen LogP contribution in [0.1, 0.15) is 39.2 Å². The highest BCUT2D eigenvalue weighted by Gasteiger charge is 2.37. The van der Waals surface area contributed by atoms with Crippen molar-refractivity contribution in [1.29, 1.82) is 0 Å². The topological polar surface area (TPSA) is 117 Å². The molecule has 2 N–H and O–H groups in total. The maximum atomic E-state index is 13.5. The Morgan fingerprint density at radius 1 is 1.15 bits per heavy atom. The van der Waals surface area contributed by atoms with Gasteiger partial charge in [0.05, 0.1) is 17.1 Å². The molecule has 34 heavy (non-hydrogen) atoms. The van der Waals surface area contributed by atoms with Gasteiger partial charge in [-0.2, -0.15) is 0 Å². The highest BCUT2D eigenvalue weighted by Crippen LogP contribution is 2.34. The molecule has 9 nitrogen and oxygen atoms in total. The first-order valence-electron chi connectivity index (χ1n) is 11.3. The second-order valence-electron chi connectivity index (χ2n) is 8.30. The van der Waals surface area contributed by atoms with Crippen LogP contribution in [0, 0.1) is 0 Å². The average Bonchev–Trinajstić information content (AvgIpc) is 3.10. The van der Waals surface area contributed by atoms with Crippen LogP contribution >= 0.6 is 0 Å². The van der Waals surface area contributed by atoms with Crippen molar-refractivity contribution >= 4 is 33.4 Å². The minimum Gasteiger partial charge on any atom is -0.477 e. The Labute approximate surface area is 199 Å². The number of para-hydroxylation sites is 2. The molecule has 0 spiro atoms. The maximum Gasteiger partial charge on any atom is 0.263 e. The highest BCUT2D eigenvalue weighted by molar-refractivity contribution is 7.90. The number of nitrogens with one attached hydrogen (secondary N) is 2. The SMILES string of the molecule is CCC(CC)NC(=O)C1CN(C(=O)[C@H](C)N=C2NS(=O)(=O)c3ccccc32)c2ccccc2O1. The summed E-state index contributed by atoms with van der Waals surface area (Å²) < 4.78 is 33.1. The summed E-state index contributed by atoms with van der Waals surface area (Å²) >= 11 is 0. The van der Waals surface area contributed by atoms with Crippen molar-refractivity contribution < 1.29 is 22.7 Å². The van der Waals surface area contributed by atoms with Gasteiger partial charge in [-0.1, -0.05) is 38.1 Å². The summed E-state index contributed by atoms with van der Waals surface area (Å²) in [5.74, 6) is -0.0933. The molecule has 0 saturated heterocycles. The van der Waals surface area contributed by atoms with Gasteiger partial charge in [0.15, 0.2) is 6.10 Å². The molecule has 0 fully saturated rings. The standard InChI is InChI=1S/C24H28N4O5S/c1-4-16(5-2)26-23(29)20-14-28(18-11-7-8-12-19(18)33-20)24(30)15(3)25-22-17-10-6-9-13-21(17)34(31,32)27-22/h6-13,15-16,20H,4-5,14H2,1-3H3,(H,25,27)(H,26,29)/t15-,20?/m0/s1. The van der Waals surface area contributed by atoms with Crippen LogP contribution in [0.3, 0.4) is 0 Å². The first kappa shape index (κ1) is 23.7. The van der Waals surface area contributed by atoms with E-state index < -0.39 is 22.2 Å². The number of benzene rings is 2. The van der Waals surface area contributed by atoms with E-state index in [0.717, 1.165) is 12.8 Å². The van der Waals surface area contributed by atoms with E-state index in [9.17, 15) is 18.0 Å². The number of hydrogen-bond donors (Lipinski definition) is 2. The number of amidine groups is 1. The van der Waals surface area contributed by atoms with Crippen LogP contribution in [0.2, 0.25) is 0 Å². The second kappa shape index (κ2) is 9.46. The van der Waals surface area contributed by atoms with Crippen molar-refractivity contribution in [3.05, 3.63) is 54.1 Å². The smallest absolute Gasteiger partial charge is 0.263 e. The van der Waals surface area contributed by atoms with Gasteiger partial charge >= 0.3 is 0 Å². The zero-order chi connectivity index (χ0) is 24.5. The summed E-state index contributed by atoms with van der Waals surface area (Å²) in [6, 6.07) is 12.6. The molecule has 0 saturated carbocycles. The third kappa shape index (κ3) is 4.50. The Balaban J connectivity index is 1.60. The molecule has 2 amide bonds. The predicted octanol–water partition coefficient (Wildman–Crippen LogP) is 2.21. The third-order valence-corrected chi connectivity index (χ3v) is 7.40. The van der Waals surface area contributed by atoms with Gasteiger partial charge in [-0.3, -0.25) is 19.3 Å². The summed E-state index contributed by atoms with van der Waals surface area (Å²) in [5, 5.41) is 2.98. The first-order valence-corrected chi connectivity index (χ1v) is 12.8. The molecule has 0 aromatic heterocycles. The lowest BCUT2D eigenvalue weighted by molar-refractivity contribution is -0.129. The fourth-order valence-corrected chi connectivity index (χ4v) is 5.31. The number of ether oxygens (including phenoxy) is 1. The van der Waals surface area contributed by atoms with E-state index in [1.54, 1.807) is 49.4 Å². The van der Waals surface area contributed by atoms with Crippen LogP contribution in [-0.4, -0.2) is 50.8 Å². The molecular formula is C24H28N4O5S. The molecule has 2 atom stereocenters. The molecule has 2 aromatic carbocycles. The molecule has 2 heterocycles. The summed E-state index contributed by atoms with van der Waals surface area (Å²) in [6.07, 6.45) is 0.713. The van der Waals surface area contributed by atoms with Gasteiger partial charge in [0.25, 0.3) is 21.8 Å². The zero-order valence-electron chi connectivity index (χ0n) is 19.3. The Bertz CT molecular complexity index is 1240. The number of carbonyl (C=O) groups excluding carboxylic acids is 2. The number of hydrogen-bond acceptors (Lipinski definition) is 6. The Morgan fingerprint density at radius 3 is 2.56 bits per heavy atom. The van der Waals surface area contributed by atoms with Crippen LogP contribution in [0.25, 0.3) is 0 Å². The lowest BCUT2D eigenvalue weighted by atomic mass is 10.1. The highest BCUT2D eigenvalue weighted by atomic mass is 32.2. The molecule has 1 unspecified atom stereocenters. The molecule has 10 heteroatoms. The number of fused-ring (bicyclic) bond motifs is 2. The van der Waals surface area contributed by atoms with Crippen LogP contribution < -0.4 is 19.7 Å². The van der Waals surface area contributed by atoms with Crippen molar-refractivity contribution in [2.75, 3.05) is 11.4 Å². The summed E-state index contributed by atoms with van der Waals surface area (Å²) in [5.41, 5.74) is 0.963. The van der Waals surface area contributed by atoms with Gasteiger partial charge in [0, 0.05) is 11.6 Å². The predicted molar refractivity (Wildman–Crippen MR) is 128 cm³/mol. The van der Waals surface area contributed by atoms with E-state index >= 15 is 0 Å². The van der Waals surface area contributed by atoms with Gasteiger partial charge in [-0.15, -0.1) is 0 Å². The Kier molecular flexibility index (Phi) is 6.60. The van der Waals surface area contributed by atoms with Gasteiger partial charge < -0.3 is 15.0 Å². The maximum absolute atomic E-state index is 13.5. The summed E-state index contributed by atoms with van der Waals surface area (Å²) in [7, 11) is -3.71. The minimum absolute atomic E-state index is 0.0261. The zero-order valence-corrected chi connectivity index (χ0v) is 20.1. The van der Waals surface area contributed by atoms with Gasteiger partial charge in [-0.25, -0.2) is 8.42 Å². The molecule has 2 aromatic rings. The lowest BCUT2D eigenvalue weighted by Crippen LogP contribution is -2.53.